The van der Waals surface area contributed by atoms with Crippen LogP contribution in [0, 0.1) is 12.7 Å². The molecular weight excluding hydrogens is 339 g/mol. The van der Waals surface area contributed by atoms with E-state index in [-0.39, 0.29) is 18.3 Å². The van der Waals surface area contributed by atoms with E-state index < -0.39 is 0 Å². The van der Waals surface area contributed by atoms with Crippen LogP contribution in [-0.4, -0.2) is 17.5 Å². The van der Waals surface area contributed by atoms with Gasteiger partial charge in [-0.15, -0.1) is 0 Å². The van der Waals surface area contributed by atoms with E-state index in [0.29, 0.717) is 26.1 Å². The highest BCUT2D eigenvalue weighted by atomic mass is 35.5. The number of carbonyl (C=O) groups is 1. The highest BCUT2D eigenvalue weighted by molar-refractivity contribution is 7.22. The molecule has 2 aromatic carbocycles. The molecule has 0 fully saturated rings. The molecule has 3 aromatic rings. The summed E-state index contributed by atoms with van der Waals surface area (Å²) in [6.45, 7) is 1.71. The minimum atomic E-state index is -0.336. The molecule has 0 saturated heterocycles. The van der Waals surface area contributed by atoms with Gasteiger partial charge in [0.2, 0.25) is 0 Å². The Bertz CT molecular complexity index is 882. The maximum absolute atomic E-state index is 13.1. The summed E-state index contributed by atoms with van der Waals surface area (Å²) in [6, 6.07) is 9.46. The van der Waals surface area contributed by atoms with Gasteiger partial charge in [0.1, 0.15) is 11.6 Å². The van der Waals surface area contributed by atoms with Gasteiger partial charge in [-0.3, -0.25) is 10.1 Å². The van der Waals surface area contributed by atoms with Gasteiger partial charge in [0.05, 0.1) is 10.2 Å². The van der Waals surface area contributed by atoms with Crippen LogP contribution < -0.4 is 10.1 Å². The number of anilines is 1. The molecule has 0 aliphatic carbocycles. The van der Waals surface area contributed by atoms with Crippen LogP contribution in [0.25, 0.3) is 10.2 Å². The molecule has 0 unspecified atom stereocenters. The standard InChI is InChI=1S/C16H12ClFN2O2S/c1-9-6-11(3-4-12(9)17)22-8-15(21)20-16-19-13-5-2-10(18)7-14(13)23-16/h2-7H,8H2,1H3,(H,19,20,21). The lowest BCUT2D eigenvalue weighted by atomic mass is 10.2. The summed E-state index contributed by atoms with van der Waals surface area (Å²) >= 11 is 7.14. The topological polar surface area (TPSA) is 51.2 Å². The Labute approximate surface area is 140 Å². The number of ether oxygens (including phenoxy) is 1. The minimum absolute atomic E-state index is 0.147. The molecule has 7 heteroatoms. The average Bonchev–Trinajstić information content (AvgIpc) is 2.89. The molecule has 1 amide bonds. The first-order valence-electron chi connectivity index (χ1n) is 6.76. The van der Waals surface area contributed by atoms with E-state index in [2.05, 4.69) is 10.3 Å². The predicted octanol–water partition coefficient (Wildman–Crippen LogP) is 4.41. The van der Waals surface area contributed by atoms with Crippen molar-refractivity contribution in [3.63, 3.8) is 0 Å². The van der Waals surface area contributed by atoms with Crippen molar-refractivity contribution in [2.45, 2.75) is 6.92 Å². The molecular formula is C16H12ClFN2O2S. The fourth-order valence-corrected chi connectivity index (χ4v) is 2.99. The number of rotatable bonds is 4. The Kier molecular flexibility index (Phi) is 4.45. The molecule has 3 rings (SSSR count). The van der Waals surface area contributed by atoms with E-state index in [4.69, 9.17) is 16.3 Å². The molecule has 4 nitrogen and oxygen atoms in total. The Morgan fingerprint density at radius 3 is 2.96 bits per heavy atom. The fraction of sp³-hybridized carbons (Fsp3) is 0.125. The highest BCUT2D eigenvalue weighted by Gasteiger charge is 2.09. The molecule has 0 aliphatic rings. The molecule has 0 atom stereocenters. The summed E-state index contributed by atoms with van der Waals surface area (Å²) in [7, 11) is 0. The summed E-state index contributed by atoms with van der Waals surface area (Å²) in [5.74, 6) is -0.106. The number of hydrogen-bond acceptors (Lipinski definition) is 4. The van der Waals surface area contributed by atoms with E-state index in [9.17, 15) is 9.18 Å². The van der Waals surface area contributed by atoms with Gasteiger partial charge in [-0.05, 0) is 48.9 Å². The van der Waals surface area contributed by atoms with E-state index in [1.54, 1.807) is 24.3 Å². The minimum Gasteiger partial charge on any atom is -0.484 e. The second kappa shape index (κ2) is 6.52. The zero-order valence-electron chi connectivity index (χ0n) is 12.1. The van der Waals surface area contributed by atoms with Crippen LogP contribution in [0.2, 0.25) is 5.02 Å². The number of nitrogens with zero attached hydrogens (tertiary/aromatic N) is 1. The Hall–Kier alpha value is -2.18. The molecule has 0 bridgehead atoms. The van der Waals surface area contributed by atoms with Crippen molar-refractivity contribution in [1.82, 2.24) is 4.98 Å². The molecule has 1 N–H and O–H groups in total. The summed E-state index contributed by atoms with van der Waals surface area (Å²) < 4.78 is 19.2. The number of aromatic nitrogens is 1. The van der Waals surface area contributed by atoms with Gasteiger partial charge in [-0.25, -0.2) is 9.37 Å². The summed E-state index contributed by atoms with van der Waals surface area (Å²) in [5, 5.41) is 3.69. The van der Waals surface area contributed by atoms with Crippen molar-refractivity contribution >= 4 is 44.2 Å². The number of halogens is 2. The predicted molar refractivity (Wildman–Crippen MR) is 89.9 cm³/mol. The first kappa shape index (κ1) is 15.7. The summed E-state index contributed by atoms with van der Waals surface area (Å²) in [4.78, 5) is 16.1. The molecule has 1 aromatic heterocycles. The largest absolute Gasteiger partial charge is 0.484 e. The smallest absolute Gasteiger partial charge is 0.264 e. The van der Waals surface area contributed by atoms with Gasteiger partial charge in [0.15, 0.2) is 11.7 Å². The first-order valence-corrected chi connectivity index (χ1v) is 7.95. The Morgan fingerprint density at radius 2 is 2.17 bits per heavy atom. The second-order valence-corrected chi connectivity index (χ2v) is 6.32. The van der Waals surface area contributed by atoms with Gasteiger partial charge in [0.25, 0.3) is 5.91 Å². The normalized spacial score (nSPS) is 10.7. The number of amides is 1. The van der Waals surface area contributed by atoms with Gasteiger partial charge < -0.3 is 4.74 Å². The third kappa shape index (κ3) is 3.78. The molecule has 0 aliphatic heterocycles. The molecule has 23 heavy (non-hydrogen) atoms. The van der Waals surface area contributed by atoms with Crippen molar-refractivity contribution in [3.8, 4) is 5.75 Å². The number of hydrogen-bond donors (Lipinski definition) is 1. The van der Waals surface area contributed by atoms with E-state index >= 15 is 0 Å². The lowest BCUT2D eigenvalue weighted by molar-refractivity contribution is -0.118. The third-order valence-corrected chi connectivity index (χ3v) is 4.45. The quantitative estimate of drug-likeness (QED) is 0.758. The first-order chi connectivity index (χ1) is 11.0. The van der Waals surface area contributed by atoms with Crippen molar-refractivity contribution < 1.29 is 13.9 Å². The zero-order chi connectivity index (χ0) is 16.4. The van der Waals surface area contributed by atoms with E-state index in [1.807, 2.05) is 6.92 Å². The second-order valence-electron chi connectivity index (χ2n) is 4.88. The number of fused-ring (bicyclic) bond motifs is 1. The maximum Gasteiger partial charge on any atom is 0.264 e. The van der Waals surface area contributed by atoms with Crippen LogP contribution in [0.15, 0.2) is 36.4 Å². The van der Waals surface area contributed by atoms with Crippen LogP contribution in [-0.2, 0) is 4.79 Å². The van der Waals surface area contributed by atoms with Crippen LogP contribution in [0.1, 0.15) is 5.56 Å². The van der Waals surface area contributed by atoms with Crippen molar-refractivity contribution in [1.29, 1.82) is 0 Å². The van der Waals surface area contributed by atoms with Crippen molar-refractivity contribution in [3.05, 3.63) is 52.8 Å². The maximum atomic E-state index is 13.1. The van der Waals surface area contributed by atoms with Crippen molar-refractivity contribution in [2.24, 2.45) is 0 Å². The molecule has 1 heterocycles. The van der Waals surface area contributed by atoms with Gasteiger partial charge >= 0.3 is 0 Å². The number of benzene rings is 2. The lowest BCUT2D eigenvalue weighted by Crippen LogP contribution is -2.20. The summed E-state index contributed by atoms with van der Waals surface area (Å²) in [5.41, 5.74) is 1.51. The summed E-state index contributed by atoms with van der Waals surface area (Å²) in [6.07, 6.45) is 0. The van der Waals surface area contributed by atoms with Gasteiger partial charge in [0, 0.05) is 5.02 Å². The van der Waals surface area contributed by atoms with Crippen LogP contribution >= 0.6 is 22.9 Å². The van der Waals surface area contributed by atoms with E-state index in [0.717, 1.165) is 5.56 Å². The van der Waals surface area contributed by atoms with Crippen LogP contribution in [0.4, 0.5) is 9.52 Å². The van der Waals surface area contributed by atoms with E-state index in [1.165, 1.54) is 23.5 Å². The van der Waals surface area contributed by atoms with Crippen LogP contribution in [0.3, 0.4) is 0 Å². The highest BCUT2D eigenvalue weighted by Crippen LogP contribution is 2.26. The lowest BCUT2D eigenvalue weighted by Gasteiger charge is -2.07. The zero-order valence-corrected chi connectivity index (χ0v) is 13.7. The number of thiazole rings is 1. The van der Waals surface area contributed by atoms with Crippen LogP contribution in [0.5, 0.6) is 5.75 Å². The average molecular weight is 351 g/mol. The number of carbonyl (C=O) groups excluding carboxylic acids is 1. The Balaban J connectivity index is 1.62. The molecule has 0 saturated carbocycles. The van der Waals surface area contributed by atoms with Crippen molar-refractivity contribution in [2.75, 3.05) is 11.9 Å². The van der Waals surface area contributed by atoms with Gasteiger partial charge in [-0.1, -0.05) is 22.9 Å². The van der Waals surface area contributed by atoms with Gasteiger partial charge in [-0.2, -0.15) is 0 Å². The monoisotopic (exact) mass is 350 g/mol. The third-order valence-electron chi connectivity index (χ3n) is 3.10. The number of aryl methyl sites for hydroxylation is 1. The SMILES string of the molecule is Cc1cc(OCC(=O)Nc2nc3ccc(F)cc3s2)ccc1Cl. The molecule has 118 valence electrons. The fourth-order valence-electron chi connectivity index (χ4n) is 1.96. The molecule has 0 spiro atoms. The molecule has 0 radical (unpaired) electrons. The Morgan fingerprint density at radius 1 is 1.35 bits per heavy atom. The number of nitrogens with one attached hydrogen (secondary N) is 1.